The van der Waals surface area contributed by atoms with E-state index in [1.54, 1.807) is 11.9 Å². The molecule has 4 nitrogen and oxygen atoms in total. The topological polar surface area (TPSA) is 57.6 Å². The molecule has 0 bridgehead atoms. The number of aliphatic carboxylic acids is 1. The van der Waals surface area contributed by atoms with E-state index in [1.807, 2.05) is 30.3 Å². The molecular weight excluding hydrogens is 230 g/mol. The normalized spacial score (nSPS) is 22.7. The fourth-order valence-electron chi connectivity index (χ4n) is 2.58. The number of carbonyl (C=O) groups excluding carboxylic acids is 1. The molecule has 0 radical (unpaired) electrons. The quantitative estimate of drug-likeness (QED) is 0.890. The third kappa shape index (κ3) is 2.37. The van der Waals surface area contributed by atoms with Crippen molar-refractivity contribution < 1.29 is 14.7 Å². The Kier molecular flexibility index (Phi) is 3.65. The van der Waals surface area contributed by atoms with Crippen LogP contribution in [0.2, 0.25) is 0 Å². The van der Waals surface area contributed by atoms with E-state index in [4.69, 9.17) is 5.11 Å². The summed E-state index contributed by atoms with van der Waals surface area (Å²) in [6.45, 7) is 0. The highest BCUT2D eigenvalue weighted by atomic mass is 16.4. The summed E-state index contributed by atoms with van der Waals surface area (Å²) < 4.78 is 0. The van der Waals surface area contributed by atoms with E-state index in [1.165, 1.54) is 0 Å². The summed E-state index contributed by atoms with van der Waals surface area (Å²) in [4.78, 5) is 25.0. The molecule has 0 spiro atoms. The molecule has 1 amide bonds. The van der Waals surface area contributed by atoms with Gasteiger partial charge in [-0.2, -0.15) is 0 Å². The zero-order valence-corrected chi connectivity index (χ0v) is 10.4. The van der Waals surface area contributed by atoms with Gasteiger partial charge in [0.1, 0.15) is 0 Å². The lowest BCUT2D eigenvalue weighted by Gasteiger charge is -2.23. The standard InChI is InChI=1S/C14H17NO3/c1-15(10-6-3-2-4-7-10)13(16)11-8-5-9-12(11)14(17)18/h2-4,6-7,11-12H,5,8-9H2,1H3,(H,17,18). The molecular formula is C14H17NO3. The number of para-hydroxylation sites is 1. The van der Waals surface area contributed by atoms with E-state index >= 15 is 0 Å². The summed E-state index contributed by atoms with van der Waals surface area (Å²) in [5, 5.41) is 9.11. The Labute approximate surface area is 106 Å². The zero-order chi connectivity index (χ0) is 13.1. The molecule has 0 saturated heterocycles. The van der Waals surface area contributed by atoms with Gasteiger partial charge in [-0.15, -0.1) is 0 Å². The van der Waals surface area contributed by atoms with E-state index in [0.29, 0.717) is 12.8 Å². The van der Waals surface area contributed by atoms with E-state index in [9.17, 15) is 9.59 Å². The first-order valence-corrected chi connectivity index (χ1v) is 6.16. The molecule has 2 rings (SSSR count). The number of hydrogen-bond acceptors (Lipinski definition) is 2. The van der Waals surface area contributed by atoms with Crippen molar-refractivity contribution in [3.05, 3.63) is 30.3 Å². The number of carboxylic acids is 1. The van der Waals surface area contributed by atoms with Gasteiger partial charge in [-0.3, -0.25) is 9.59 Å². The Balaban J connectivity index is 2.14. The predicted molar refractivity (Wildman–Crippen MR) is 68.3 cm³/mol. The van der Waals surface area contributed by atoms with Gasteiger partial charge in [0.15, 0.2) is 0 Å². The highest BCUT2D eigenvalue weighted by Crippen LogP contribution is 2.34. The van der Waals surface area contributed by atoms with Crippen molar-refractivity contribution in [2.45, 2.75) is 19.3 Å². The van der Waals surface area contributed by atoms with Crippen LogP contribution < -0.4 is 4.90 Å². The first-order chi connectivity index (χ1) is 8.61. The summed E-state index contributed by atoms with van der Waals surface area (Å²) in [6, 6.07) is 9.31. The zero-order valence-electron chi connectivity index (χ0n) is 10.4. The molecule has 2 unspecified atom stereocenters. The van der Waals surface area contributed by atoms with Crippen LogP contribution in [0, 0.1) is 11.8 Å². The molecule has 1 N–H and O–H groups in total. The van der Waals surface area contributed by atoms with Crippen molar-refractivity contribution in [1.82, 2.24) is 0 Å². The Morgan fingerprint density at radius 3 is 2.39 bits per heavy atom. The molecule has 18 heavy (non-hydrogen) atoms. The van der Waals surface area contributed by atoms with Crippen LogP contribution in [-0.2, 0) is 9.59 Å². The average Bonchev–Trinajstić information content (AvgIpc) is 2.87. The molecule has 2 atom stereocenters. The van der Waals surface area contributed by atoms with Crippen LogP contribution in [0.15, 0.2) is 30.3 Å². The van der Waals surface area contributed by atoms with Crippen LogP contribution in [0.4, 0.5) is 5.69 Å². The van der Waals surface area contributed by atoms with Gasteiger partial charge in [0.05, 0.1) is 11.8 Å². The van der Waals surface area contributed by atoms with Crippen LogP contribution >= 0.6 is 0 Å². The summed E-state index contributed by atoms with van der Waals surface area (Å²) in [5.74, 6) is -1.85. The van der Waals surface area contributed by atoms with Crippen LogP contribution in [0.1, 0.15) is 19.3 Å². The van der Waals surface area contributed by atoms with Gasteiger partial charge in [-0.25, -0.2) is 0 Å². The maximum Gasteiger partial charge on any atom is 0.307 e. The molecule has 1 saturated carbocycles. The molecule has 1 aromatic rings. The molecule has 1 aliphatic rings. The van der Waals surface area contributed by atoms with Crippen molar-refractivity contribution in [2.24, 2.45) is 11.8 Å². The second-order valence-corrected chi connectivity index (χ2v) is 4.71. The minimum absolute atomic E-state index is 0.0916. The highest BCUT2D eigenvalue weighted by molar-refractivity contribution is 5.97. The lowest BCUT2D eigenvalue weighted by molar-refractivity contribution is -0.145. The van der Waals surface area contributed by atoms with Crippen molar-refractivity contribution >= 4 is 17.6 Å². The maximum atomic E-state index is 12.3. The van der Waals surface area contributed by atoms with Crippen LogP contribution in [0.5, 0.6) is 0 Å². The first kappa shape index (κ1) is 12.6. The molecule has 1 aliphatic carbocycles. The van der Waals surface area contributed by atoms with Crippen molar-refractivity contribution in [1.29, 1.82) is 0 Å². The van der Waals surface area contributed by atoms with Gasteiger partial charge in [0.25, 0.3) is 0 Å². The summed E-state index contributed by atoms with van der Waals surface area (Å²) >= 11 is 0. The minimum atomic E-state index is -0.854. The van der Waals surface area contributed by atoms with Gasteiger partial charge in [0.2, 0.25) is 5.91 Å². The van der Waals surface area contributed by atoms with Crippen LogP contribution in [0.25, 0.3) is 0 Å². The molecule has 1 aromatic carbocycles. The van der Waals surface area contributed by atoms with Gasteiger partial charge < -0.3 is 10.0 Å². The molecule has 96 valence electrons. The number of carboxylic acid groups (broad SMARTS) is 1. The van der Waals surface area contributed by atoms with Crippen LogP contribution in [0.3, 0.4) is 0 Å². The number of rotatable bonds is 3. The summed E-state index contributed by atoms with van der Waals surface area (Å²) in [6.07, 6.45) is 2.09. The largest absolute Gasteiger partial charge is 0.481 e. The van der Waals surface area contributed by atoms with Crippen molar-refractivity contribution in [3.63, 3.8) is 0 Å². The average molecular weight is 247 g/mol. The molecule has 0 heterocycles. The summed E-state index contributed by atoms with van der Waals surface area (Å²) in [7, 11) is 1.70. The lowest BCUT2D eigenvalue weighted by atomic mass is 9.94. The molecule has 1 fully saturated rings. The first-order valence-electron chi connectivity index (χ1n) is 6.16. The molecule has 0 aliphatic heterocycles. The molecule has 0 aromatic heterocycles. The van der Waals surface area contributed by atoms with Gasteiger partial charge in [-0.1, -0.05) is 24.6 Å². The van der Waals surface area contributed by atoms with Gasteiger partial charge >= 0.3 is 5.97 Å². The fraction of sp³-hybridized carbons (Fsp3) is 0.429. The third-order valence-electron chi connectivity index (χ3n) is 3.62. The van der Waals surface area contributed by atoms with Crippen molar-refractivity contribution in [3.8, 4) is 0 Å². The Morgan fingerprint density at radius 1 is 1.17 bits per heavy atom. The highest BCUT2D eigenvalue weighted by Gasteiger charge is 2.39. The summed E-state index contributed by atoms with van der Waals surface area (Å²) in [5.41, 5.74) is 0.804. The second-order valence-electron chi connectivity index (χ2n) is 4.71. The van der Waals surface area contributed by atoms with E-state index in [2.05, 4.69) is 0 Å². The maximum absolute atomic E-state index is 12.3. The Morgan fingerprint density at radius 2 is 1.78 bits per heavy atom. The van der Waals surface area contributed by atoms with Gasteiger partial charge in [0, 0.05) is 12.7 Å². The van der Waals surface area contributed by atoms with E-state index < -0.39 is 11.9 Å². The SMILES string of the molecule is CN(C(=O)C1CCCC1C(=O)O)c1ccccc1. The molecule has 4 heteroatoms. The second kappa shape index (κ2) is 5.21. The van der Waals surface area contributed by atoms with Crippen molar-refractivity contribution in [2.75, 3.05) is 11.9 Å². The lowest BCUT2D eigenvalue weighted by Crippen LogP contribution is -2.36. The monoisotopic (exact) mass is 247 g/mol. The number of amides is 1. The number of anilines is 1. The Hall–Kier alpha value is -1.84. The number of carbonyl (C=O) groups is 2. The van der Waals surface area contributed by atoms with Gasteiger partial charge in [-0.05, 0) is 25.0 Å². The third-order valence-corrected chi connectivity index (χ3v) is 3.62. The smallest absolute Gasteiger partial charge is 0.307 e. The van der Waals surface area contributed by atoms with E-state index in [0.717, 1.165) is 12.1 Å². The predicted octanol–water partition coefficient (Wildman–Crippen LogP) is 2.15. The number of benzene rings is 1. The fourth-order valence-corrected chi connectivity index (χ4v) is 2.58. The number of hydrogen-bond donors (Lipinski definition) is 1. The van der Waals surface area contributed by atoms with Crippen LogP contribution in [-0.4, -0.2) is 24.0 Å². The Bertz CT molecular complexity index is 444. The van der Waals surface area contributed by atoms with E-state index in [-0.39, 0.29) is 11.8 Å². The number of nitrogens with zero attached hydrogens (tertiary/aromatic N) is 1. The minimum Gasteiger partial charge on any atom is -0.481 e.